The van der Waals surface area contributed by atoms with Gasteiger partial charge in [-0.2, -0.15) is 0 Å². The topological polar surface area (TPSA) is 29.0 Å². The standard InChI is InChI=1S/C9H12ClN3/c1-2-7-4-13(5-7)9-3-8(10)11-6-12-9/h3,6-7H,2,4-5H2,1H3. The molecule has 1 fully saturated rings. The van der Waals surface area contributed by atoms with Crippen LogP contribution in [0.15, 0.2) is 12.4 Å². The molecule has 1 saturated heterocycles. The molecule has 1 aliphatic rings. The van der Waals surface area contributed by atoms with Crippen molar-refractivity contribution in [3.63, 3.8) is 0 Å². The molecule has 3 nitrogen and oxygen atoms in total. The van der Waals surface area contributed by atoms with E-state index in [2.05, 4.69) is 21.8 Å². The fraction of sp³-hybridized carbons (Fsp3) is 0.556. The molecule has 4 heteroatoms. The Kier molecular flexibility index (Phi) is 2.36. The molecule has 2 rings (SSSR count). The van der Waals surface area contributed by atoms with Crippen LogP contribution in [0.2, 0.25) is 5.15 Å². The Morgan fingerprint density at radius 2 is 2.31 bits per heavy atom. The van der Waals surface area contributed by atoms with Crippen LogP contribution >= 0.6 is 11.6 Å². The van der Waals surface area contributed by atoms with Crippen molar-refractivity contribution in [2.75, 3.05) is 18.0 Å². The Balaban J connectivity index is 2.03. The summed E-state index contributed by atoms with van der Waals surface area (Å²) in [5.74, 6) is 1.78. The molecule has 0 aliphatic carbocycles. The number of halogens is 1. The first-order chi connectivity index (χ1) is 6.29. The van der Waals surface area contributed by atoms with Gasteiger partial charge in [0.05, 0.1) is 0 Å². The molecule has 0 atom stereocenters. The second kappa shape index (κ2) is 3.50. The Bertz CT molecular complexity index is 297. The van der Waals surface area contributed by atoms with Gasteiger partial charge in [-0.05, 0) is 12.3 Å². The van der Waals surface area contributed by atoms with Crippen LogP contribution in [0.3, 0.4) is 0 Å². The van der Waals surface area contributed by atoms with Crippen LogP contribution in [0.4, 0.5) is 5.82 Å². The van der Waals surface area contributed by atoms with E-state index in [0.29, 0.717) is 5.15 Å². The first-order valence-corrected chi connectivity index (χ1v) is 4.90. The molecule has 0 spiro atoms. The predicted octanol–water partition coefficient (Wildman–Crippen LogP) is 1.98. The number of anilines is 1. The predicted molar refractivity (Wildman–Crippen MR) is 53.0 cm³/mol. The maximum atomic E-state index is 5.76. The zero-order valence-electron chi connectivity index (χ0n) is 7.57. The lowest BCUT2D eigenvalue weighted by Gasteiger charge is -2.39. The first kappa shape index (κ1) is 8.75. The Morgan fingerprint density at radius 1 is 1.54 bits per heavy atom. The number of aromatic nitrogens is 2. The smallest absolute Gasteiger partial charge is 0.134 e. The van der Waals surface area contributed by atoms with Crippen LogP contribution in [-0.2, 0) is 0 Å². The van der Waals surface area contributed by atoms with Crippen LogP contribution < -0.4 is 4.90 Å². The Hall–Kier alpha value is -0.830. The number of rotatable bonds is 2. The van der Waals surface area contributed by atoms with E-state index in [4.69, 9.17) is 11.6 Å². The van der Waals surface area contributed by atoms with Gasteiger partial charge in [0, 0.05) is 19.2 Å². The summed E-state index contributed by atoms with van der Waals surface area (Å²) in [6.45, 7) is 4.42. The van der Waals surface area contributed by atoms with Gasteiger partial charge in [-0.15, -0.1) is 0 Å². The van der Waals surface area contributed by atoms with Gasteiger partial charge in [0.1, 0.15) is 17.3 Å². The van der Waals surface area contributed by atoms with Crippen molar-refractivity contribution in [3.8, 4) is 0 Å². The largest absolute Gasteiger partial charge is 0.356 e. The second-order valence-corrected chi connectivity index (χ2v) is 3.77. The number of nitrogens with zero attached hydrogens (tertiary/aromatic N) is 3. The quantitative estimate of drug-likeness (QED) is 0.679. The lowest BCUT2D eigenvalue weighted by Crippen LogP contribution is -2.46. The van der Waals surface area contributed by atoms with Crippen molar-refractivity contribution >= 4 is 17.4 Å². The summed E-state index contributed by atoms with van der Waals surface area (Å²) in [7, 11) is 0. The molecule has 1 aromatic rings. The van der Waals surface area contributed by atoms with E-state index in [0.717, 1.165) is 24.8 Å². The molecular weight excluding hydrogens is 186 g/mol. The van der Waals surface area contributed by atoms with Crippen LogP contribution in [0.5, 0.6) is 0 Å². The number of hydrogen-bond acceptors (Lipinski definition) is 3. The third-order valence-electron chi connectivity index (χ3n) is 2.48. The highest BCUT2D eigenvalue weighted by atomic mass is 35.5. The molecule has 0 amide bonds. The minimum Gasteiger partial charge on any atom is -0.356 e. The summed E-state index contributed by atoms with van der Waals surface area (Å²) < 4.78 is 0. The van der Waals surface area contributed by atoms with Crippen molar-refractivity contribution in [2.45, 2.75) is 13.3 Å². The van der Waals surface area contributed by atoms with Gasteiger partial charge in [-0.1, -0.05) is 18.5 Å². The van der Waals surface area contributed by atoms with Crippen molar-refractivity contribution in [1.82, 2.24) is 9.97 Å². The van der Waals surface area contributed by atoms with E-state index in [1.165, 1.54) is 12.7 Å². The molecule has 1 aromatic heterocycles. The third kappa shape index (κ3) is 1.75. The summed E-state index contributed by atoms with van der Waals surface area (Å²) >= 11 is 5.76. The summed E-state index contributed by atoms with van der Waals surface area (Å²) in [5, 5.41) is 0.518. The molecule has 2 heterocycles. The minimum absolute atomic E-state index is 0.518. The maximum absolute atomic E-state index is 5.76. The second-order valence-electron chi connectivity index (χ2n) is 3.38. The average Bonchev–Trinajstić information content (AvgIpc) is 2.02. The Labute approximate surface area is 82.8 Å². The van der Waals surface area contributed by atoms with Crippen molar-refractivity contribution in [2.24, 2.45) is 5.92 Å². The van der Waals surface area contributed by atoms with Gasteiger partial charge in [0.2, 0.25) is 0 Å². The van der Waals surface area contributed by atoms with Crippen LogP contribution in [0.25, 0.3) is 0 Å². The van der Waals surface area contributed by atoms with Gasteiger partial charge in [-0.3, -0.25) is 0 Å². The van der Waals surface area contributed by atoms with Crippen molar-refractivity contribution in [1.29, 1.82) is 0 Å². The molecule has 0 saturated carbocycles. The SMILES string of the molecule is CCC1CN(c2cc(Cl)ncn2)C1. The minimum atomic E-state index is 0.518. The Morgan fingerprint density at radius 3 is 2.92 bits per heavy atom. The van der Waals surface area contributed by atoms with E-state index in [-0.39, 0.29) is 0 Å². The molecule has 0 bridgehead atoms. The summed E-state index contributed by atoms with van der Waals surface area (Å²) in [6.07, 6.45) is 2.76. The van der Waals surface area contributed by atoms with E-state index < -0.39 is 0 Å². The zero-order chi connectivity index (χ0) is 9.26. The zero-order valence-corrected chi connectivity index (χ0v) is 8.33. The van der Waals surface area contributed by atoms with Crippen molar-refractivity contribution < 1.29 is 0 Å². The summed E-state index contributed by atoms with van der Waals surface area (Å²) in [5.41, 5.74) is 0. The maximum Gasteiger partial charge on any atom is 0.134 e. The number of hydrogen-bond donors (Lipinski definition) is 0. The fourth-order valence-corrected chi connectivity index (χ4v) is 1.65. The molecule has 70 valence electrons. The average molecular weight is 198 g/mol. The summed E-state index contributed by atoms with van der Waals surface area (Å²) in [4.78, 5) is 10.2. The molecule has 0 unspecified atom stereocenters. The first-order valence-electron chi connectivity index (χ1n) is 4.52. The van der Waals surface area contributed by atoms with Gasteiger partial charge >= 0.3 is 0 Å². The van der Waals surface area contributed by atoms with Gasteiger partial charge < -0.3 is 4.90 Å². The van der Waals surface area contributed by atoms with Crippen molar-refractivity contribution in [3.05, 3.63) is 17.5 Å². The highest BCUT2D eigenvalue weighted by Crippen LogP contribution is 2.25. The van der Waals surface area contributed by atoms with Gasteiger partial charge in [0.25, 0.3) is 0 Å². The molecule has 1 aliphatic heterocycles. The van der Waals surface area contributed by atoms with E-state index in [1.807, 2.05) is 6.07 Å². The molecule has 0 radical (unpaired) electrons. The van der Waals surface area contributed by atoms with E-state index >= 15 is 0 Å². The molecular formula is C9H12ClN3. The normalized spacial score (nSPS) is 17.2. The van der Waals surface area contributed by atoms with Gasteiger partial charge in [-0.25, -0.2) is 9.97 Å². The van der Waals surface area contributed by atoms with Crippen LogP contribution in [-0.4, -0.2) is 23.1 Å². The van der Waals surface area contributed by atoms with E-state index in [9.17, 15) is 0 Å². The third-order valence-corrected chi connectivity index (χ3v) is 2.68. The van der Waals surface area contributed by atoms with Crippen LogP contribution in [0, 0.1) is 5.92 Å². The summed E-state index contributed by atoms with van der Waals surface area (Å²) in [6, 6.07) is 1.81. The van der Waals surface area contributed by atoms with Gasteiger partial charge in [0.15, 0.2) is 0 Å². The molecule has 0 N–H and O–H groups in total. The lowest BCUT2D eigenvalue weighted by atomic mass is 9.98. The lowest BCUT2D eigenvalue weighted by molar-refractivity contribution is 0.395. The molecule has 13 heavy (non-hydrogen) atoms. The van der Waals surface area contributed by atoms with E-state index in [1.54, 1.807) is 0 Å². The highest BCUT2D eigenvalue weighted by Gasteiger charge is 2.25. The molecule has 0 aromatic carbocycles. The highest BCUT2D eigenvalue weighted by molar-refractivity contribution is 6.29. The van der Waals surface area contributed by atoms with Crippen LogP contribution in [0.1, 0.15) is 13.3 Å². The monoisotopic (exact) mass is 197 g/mol. The fourth-order valence-electron chi connectivity index (χ4n) is 1.51.